The highest BCUT2D eigenvalue weighted by Gasteiger charge is 2.10. The molecule has 0 aliphatic rings. The minimum Gasteiger partial charge on any atom is -0.434 e. The summed E-state index contributed by atoms with van der Waals surface area (Å²) in [4.78, 5) is 6.68. The number of nitrogens with zero attached hydrogens (tertiary/aromatic N) is 2. The van der Waals surface area contributed by atoms with Crippen molar-refractivity contribution in [3.63, 3.8) is 0 Å². The molecule has 29 heavy (non-hydrogen) atoms. The van der Waals surface area contributed by atoms with Crippen LogP contribution in [0.2, 0.25) is 0 Å². The zero-order valence-corrected chi connectivity index (χ0v) is 17.5. The summed E-state index contributed by atoms with van der Waals surface area (Å²) in [5, 5.41) is 6.52. The van der Waals surface area contributed by atoms with Crippen molar-refractivity contribution >= 4 is 5.96 Å². The van der Waals surface area contributed by atoms with E-state index in [4.69, 9.17) is 0 Å². The van der Waals surface area contributed by atoms with E-state index < -0.39 is 6.61 Å². The summed E-state index contributed by atoms with van der Waals surface area (Å²) in [5.74, 6) is 0.776. The minimum absolute atomic E-state index is 0.154. The quantitative estimate of drug-likeness (QED) is 0.491. The highest BCUT2D eigenvalue weighted by molar-refractivity contribution is 5.79. The minimum atomic E-state index is -2.86. The summed E-state index contributed by atoms with van der Waals surface area (Å²) >= 11 is 0. The number of rotatable bonds is 9. The van der Waals surface area contributed by atoms with Crippen LogP contribution in [0.1, 0.15) is 29.2 Å². The van der Waals surface area contributed by atoms with Gasteiger partial charge in [-0.05, 0) is 45.1 Å². The van der Waals surface area contributed by atoms with Gasteiger partial charge in [0.2, 0.25) is 0 Å². The molecular weight excluding hydrogens is 374 g/mol. The molecule has 158 valence electrons. The summed E-state index contributed by atoms with van der Waals surface area (Å²) in [5.41, 5.74) is 4.01. The van der Waals surface area contributed by atoms with Crippen molar-refractivity contribution in [1.82, 2.24) is 15.5 Å². The fraction of sp³-hybridized carbons (Fsp3) is 0.409. The fourth-order valence-corrected chi connectivity index (χ4v) is 2.95. The normalized spacial score (nSPS) is 11.8. The van der Waals surface area contributed by atoms with Gasteiger partial charge in [0, 0.05) is 25.2 Å². The lowest BCUT2D eigenvalue weighted by Gasteiger charge is -2.16. The molecule has 2 aromatic rings. The molecule has 0 fully saturated rings. The molecule has 0 saturated carbocycles. The molecule has 0 amide bonds. The van der Waals surface area contributed by atoms with Gasteiger partial charge < -0.3 is 20.3 Å². The van der Waals surface area contributed by atoms with Crippen LogP contribution in [0.4, 0.5) is 8.78 Å². The number of hydrogen-bond donors (Lipinski definition) is 2. The van der Waals surface area contributed by atoms with Crippen molar-refractivity contribution in [2.75, 3.05) is 20.6 Å². The van der Waals surface area contributed by atoms with Gasteiger partial charge in [-0.3, -0.25) is 0 Å². The average molecular weight is 405 g/mol. The van der Waals surface area contributed by atoms with Gasteiger partial charge in [0.05, 0.1) is 6.54 Å². The number of guanidine groups is 1. The first-order valence-electron chi connectivity index (χ1n) is 9.67. The lowest BCUT2D eigenvalue weighted by Crippen LogP contribution is -2.37. The predicted octanol–water partition coefficient (Wildman–Crippen LogP) is 3.91. The molecule has 2 rings (SSSR count). The highest BCUT2D eigenvalue weighted by Crippen LogP contribution is 2.23. The largest absolute Gasteiger partial charge is 0.434 e. The van der Waals surface area contributed by atoms with Crippen LogP contribution in [0, 0.1) is 6.92 Å². The number of alkyl halides is 2. The van der Waals surface area contributed by atoms with Crippen molar-refractivity contribution < 1.29 is 13.5 Å². The summed E-state index contributed by atoms with van der Waals surface area (Å²) in [6.07, 6.45) is 0. The van der Waals surface area contributed by atoms with Crippen LogP contribution >= 0.6 is 0 Å². The number of aryl methyl sites for hydroxylation is 1. The second-order valence-electron chi connectivity index (χ2n) is 7.04. The Morgan fingerprint density at radius 3 is 2.45 bits per heavy atom. The van der Waals surface area contributed by atoms with Gasteiger partial charge in [-0.25, -0.2) is 4.99 Å². The van der Waals surface area contributed by atoms with Gasteiger partial charge in [-0.2, -0.15) is 8.78 Å². The van der Waals surface area contributed by atoms with Crippen LogP contribution in [0.3, 0.4) is 0 Å². The van der Waals surface area contributed by atoms with Crippen LogP contribution in [-0.2, 0) is 19.6 Å². The molecule has 7 heteroatoms. The second kappa shape index (κ2) is 11.4. The average Bonchev–Trinajstić information content (AvgIpc) is 2.66. The molecule has 2 N–H and O–H groups in total. The third-order valence-electron chi connectivity index (χ3n) is 4.24. The maximum atomic E-state index is 12.7. The molecular formula is C22H30F2N4O. The SMILES string of the molecule is CCNC(=NCc1cc(C)ccc1OC(F)F)NCc1ccccc1CN(C)C. The highest BCUT2D eigenvalue weighted by atomic mass is 19.3. The van der Waals surface area contributed by atoms with E-state index in [0.717, 1.165) is 12.1 Å². The van der Waals surface area contributed by atoms with Gasteiger partial charge in [-0.15, -0.1) is 0 Å². The number of benzene rings is 2. The molecule has 0 aliphatic carbocycles. The van der Waals surface area contributed by atoms with E-state index in [2.05, 4.69) is 37.4 Å². The molecule has 0 unspecified atom stereocenters. The zero-order valence-electron chi connectivity index (χ0n) is 17.5. The summed E-state index contributed by atoms with van der Waals surface area (Å²) in [6.45, 7) is 3.42. The molecule has 0 aliphatic heterocycles. The topological polar surface area (TPSA) is 48.9 Å². The van der Waals surface area contributed by atoms with E-state index in [1.165, 1.54) is 11.1 Å². The van der Waals surface area contributed by atoms with E-state index >= 15 is 0 Å². The van der Waals surface area contributed by atoms with Gasteiger partial charge in [0.15, 0.2) is 5.96 Å². The van der Waals surface area contributed by atoms with Crippen LogP contribution in [0.25, 0.3) is 0 Å². The number of hydrogen-bond acceptors (Lipinski definition) is 3. The Hall–Kier alpha value is -2.67. The van der Waals surface area contributed by atoms with E-state index in [1.807, 2.05) is 46.1 Å². The van der Waals surface area contributed by atoms with Crippen molar-refractivity contribution in [1.29, 1.82) is 0 Å². The maximum Gasteiger partial charge on any atom is 0.387 e. The molecule has 0 bridgehead atoms. The molecule has 0 heterocycles. The molecule has 0 radical (unpaired) electrons. The van der Waals surface area contributed by atoms with Crippen LogP contribution in [0.15, 0.2) is 47.5 Å². The third kappa shape index (κ3) is 7.69. The molecule has 2 aromatic carbocycles. The first-order chi connectivity index (χ1) is 13.9. The molecule has 0 spiro atoms. The number of nitrogens with one attached hydrogen (secondary N) is 2. The zero-order chi connectivity index (χ0) is 21.2. The Labute approximate surface area is 171 Å². The number of halogens is 2. The van der Waals surface area contributed by atoms with Crippen molar-refractivity contribution in [2.24, 2.45) is 4.99 Å². The Bertz CT molecular complexity index is 809. The van der Waals surface area contributed by atoms with Gasteiger partial charge in [0.1, 0.15) is 5.75 Å². The summed E-state index contributed by atoms with van der Waals surface area (Å²) in [6, 6.07) is 13.4. The van der Waals surface area contributed by atoms with Gasteiger partial charge in [-0.1, -0.05) is 42.0 Å². The smallest absolute Gasteiger partial charge is 0.387 e. The predicted molar refractivity (Wildman–Crippen MR) is 113 cm³/mol. The van der Waals surface area contributed by atoms with Gasteiger partial charge in [0.25, 0.3) is 0 Å². The molecule has 0 saturated heterocycles. The standard InChI is InChI=1S/C22H30F2N4O/c1-5-25-22(26-13-17-8-6-7-9-18(17)15-28(3)4)27-14-19-12-16(2)10-11-20(19)29-21(23)24/h6-12,21H,5,13-15H2,1-4H3,(H2,25,26,27). The first kappa shape index (κ1) is 22.6. The Morgan fingerprint density at radius 1 is 1.07 bits per heavy atom. The summed E-state index contributed by atoms with van der Waals surface area (Å²) < 4.78 is 30.0. The summed E-state index contributed by atoms with van der Waals surface area (Å²) in [7, 11) is 4.08. The van der Waals surface area contributed by atoms with Crippen molar-refractivity contribution in [3.8, 4) is 5.75 Å². The van der Waals surface area contributed by atoms with E-state index in [-0.39, 0.29) is 12.3 Å². The lowest BCUT2D eigenvalue weighted by molar-refractivity contribution is -0.0504. The van der Waals surface area contributed by atoms with Crippen LogP contribution in [0.5, 0.6) is 5.75 Å². The van der Waals surface area contributed by atoms with E-state index in [1.54, 1.807) is 12.1 Å². The first-order valence-corrected chi connectivity index (χ1v) is 9.67. The Morgan fingerprint density at radius 2 is 1.79 bits per heavy atom. The maximum absolute atomic E-state index is 12.7. The fourth-order valence-electron chi connectivity index (χ4n) is 2.95. The monoisotopic (exact) mass is 404 g/mol. The van der Waals surface area contributed by atoms with Crippen LogP contribution < -0.4 is 15.4 Å². The van der Waals surface area contributed by atoms with E-state index in [0.29, 0.717) is 24.6 Å². The van der Waals surface area contributed by atoms with Gasteiger partial charge >= 0.3 is 6.61 Å². The molecule has 0 aromatic heterocycles. The van der Waals surface area contributed by atoms with Crippen LogP contribution in [-0.4, -0.2) is 38.1 Å². The Kier molecular flexibility index (Phi) is 8.86. The lowest BCUT2D eigenvalue weighted by atomic mass is 10.1. The third-order valence-corrected chi connectivity index (χ3v) is 4.24. The molecule has 0 atom stereocenters. The number of ether oxygens (including phenoxy) is 1. The number of aliphatic imine (C=N–C) groups is 1. The van der Waals surface area contributed by atoms with Crippen molar-refractivity contribution in [3.05, 3.63) is 64.7 Å². The van der Waals surface area contributed by atoms with Crippen molar-refractivity contribution in [2.45, 2.75) is 40.1 Å². The molecule has 5 nitrogen and oxygen atoms in total. The van der Waals surface area contributed by atoms with E-state index in [9.17, 15) is 8.78 Å². The Balaban J connectivity index is 2.13. The second-order valence-corrected chi connectivity index (χ2v) is 7.04.